The van der Waals surface area contributed by atoms with Crippen LogP contribution in [0, 0.1) is 0 Å². The molecule has 0 heterocycles. The number of anilines is 1. The van der Waals surface area contributed by atoms with Crippen LogP contribution in [0.25, 0.3) is 0 Å². The van der Waals surface area contributed by atoms with E-state index in [1.54, 1.807) is 48.5 Å². The summed E-state index contributed by atoms with van der Waals surface area (Å²) >= 11 is 0. The number of rotatable bonds is 9. The fourth-order valence-corrected chi connectivity index (χ4v) is 2.48. The molecule has 3 rings (SSSR count). The molecule has 3 aromatic carbocycles. The van der Waals surface area contributed by atoms with Crippen LogP contribution in [0.2, 0.25) is 0 Å². The molecule has 0 aliphatic heterocycles. The zero-order chi connectivity index (χ0) is 21.9. The molecule has 0 saturated carbocycles. The highest BCUT2D eigenvalue weighted by atomic mass is 16.6. The average Bonchev–Trinajstić information content (AvgIpc) is 2.82. The standard InChI is InChI=1S/C23H21N3O5/c1-29-20-9-5-6-10-21(20)30-16-23(28)31-15-22(27)24-17-11-13-19(14-12-17)26-25-18-7-3-2-4-8-18/h2-14H,15-16H2,1H3,(H,24,27). The maximum Gasteiger partial charge on any atom is 0.344 e. The van der Waals surface area contributed by atoms with Crippen molar-refractivity contribution in [3.63, 3.8) is 0 Å². The largest absolute Gasteiger partial charge is 0.493 e. The molecule has 3 aromatic rings. The predicted molar refractivity (Wildman–Crippen MR) is 115 cm³/mol. The third-order valence-corrected chi connectivity index (χ3v) is 3.97. The first kappa shape index (κ1) is 21.5. The lowest BCUT2D eigenvalue weighted by Gasteiger charge is -2.10. The van der Waals surface area contributed by atoms with Crippen LogP contribution in [0.15, 0.2) is 89.1 Å². The number of esters is 1. The summed E-state index contributed by atoms with van der Waals surface area (Å²) in [6, 6.07) is 23.1. The topological polar surface area (TPSA) is 98.6 Å². The molecule has 0 aliphatic carbocycles. The van der Waals surface area contributed by atoms with Crippen molar-refractivity contribution in [3.8, 4) is 11.5 Å². The number of amides is 1. The number of hydrogen-bond donors (Lipinski definition) is 1. The Morgan fingerprint density at radius 3 is 2.06 bits per heavy atom. The second-order valence-corrected chi connectivity index (χ2v) is 6.23. The van der Waals surface area contributed by atoms with Gasteiger partial charge < -0.3 is 19.5 Å². The van der Waals surface area contributed by atoms with Crippen LogP contribution in [-0.2, 0) is 14.3 Å². The van der Waals surface area contributed by atoms with Gasteiger partial charge in [-0.3, -0.25) is 4.79 Å². The molecule has 0 aliphatic rings. The van der Waals surface area contributed by atoms with Crippen molar-refractivity contribution >= 4 is 28.9 Å². The Balaban J connectivity index is 1.42. The van der Waals surface area contributed by atoms with Crippen molar-refractivity contribution in [1.82, 2.24) is 0 Å². The van der Waals surface area contributed by atoms with E-state index in [1.807, 2.05) is 30.3 Å². The number of carbonyl (C=O) groups is 2. The molecule has 1 amide bonds. The van der Waals surface area contributed by atoms with E-state index < -0.39 is 18.5 Å². The van der Waals surface area contributed by atoms with Crippen molar-refractivity contribution in [2.24, 2.45) is 10.2 Å². The first-order chi connectivity index (χ1) is 15.1. The monoisotopic (exact) mass is 419 g/mol. The lowest BCUT2D eigenvalue weighted by atomic mass is 10.3. The number of ether oxygens (including phenoxy) is 3. The zero-order valence-corrected chi connectivity index (χ0v) is 16.9. The van der Waals surface area contributed by atoms with E-state index >= 15 is 0 Å². The summed E-state index contributed by atoms with van der Waals surface area (Å²) in [7, 11) is 1.50. The molecule has 1 N–H and O–H groups in total. The molecular formula is C23H21N3O5. The highest BCUT2D eigenvalue weighted by Crippen LogP contribution is 2.25. The van der Waals surface area contributed by atoms with Crippen LogP contribution in [-0.4, -0.2) is 32.2 Å². The summed E-state index contributed by atoms with van der Waals surface area (Å²) in [6.45, 7) is -0.766. The van der Waals surface area contributed by atoms with Gasteiger partial charge >= 0.3 is 5.97 Å². The first-order valence-corrected chi connectivity index (χ1v) is 9.42. The van der Waals surface area contributed by atoms with E-state index in [-0.39, 0.29) is 6.61 Å². The number of benzene rings is 3. The van der Waals surface area contributed by atoms with Crippen LogP contribution in [0.1, 0.15) is 0 Å². The fraction of sp³-hybridized carbons (Fsp3) is 0.130. The third kappa shape index (κ3) is 6.97. The Hall–Kier alpha value is -4.20. The van der Waals surface area contributed by atoms with Gasteiger partial charge in [-0.2, -0.15) is 10.2 Å². The molecule has 31 heavy (non-hydrogen) atoms. The van der Waals surface area contributed by atoms with Crippen LogP contribution < -0.4 is 14.8 Å². The molecule has 0 unspecified atom stereocenters. The molecule has 8 nitrogen and oxygen atoms in total. The Morgan fingerprint density at radius 2 is 1.39 bits per heavy atom. The summed E-state index contributed by atoms with van der Waals surface area (Å²) in [5.74, 6) is -0.224. The number of nitrogens with zero attached hydrogens (tertiary/aromatic N) is 2. The van der Waals surface area contributed by atoms with Crippen molar-refractivity contribution in [2.75, 3.05) is 25.6 Å². The fourth-order valence-electron chi connectivity index (χ4n) is 2.48. The van der Waals surface area contributed by atoms with Crippen molar-refractivity contribution in [1.29, 1.82) is 0 Å². The van der Waals surface area contributed by atoms with Gasteiger partial charge in [-0.1, -0.05) is 30.3 Å². The lowest BCUT2D eigenvalue weighted by molar-refractivity contribution is -0.149. The second-order valence-electron chi connectivity index (χ2n) is 6.23. The molecule has 0 bridgehead atoms. The number of hydrogen-bond acceptors (Lipinski definition) is 7. The van der Waals surface area contributed by atoms with Gasteiger partial charge in [0.1, 0.15) is 0 Å². The minimum absolute atomic E-state index is 0.339. The summed E-state index contributed by atoms with van der Waals surface area (Å²) in [6.07, 6.45) is 0. The molecule has 8 heteroatoms. The second kappa shape index (κ2) is 11.1. The van der Waals surface area contributed by atoms with Gasteiger partial charge in [-0.25, -0.2) is 4.79 Å². The molecule has 0 aromatic heterocycles. The van der Waals surface area contributed by atoms with E-state index in [1.165, 1.54) is 7.11 Å². The van der Waals surface area contributed by atoms with Gasteiger partial charge in [0, 0.05) is 5.69 Å². The van der Waals surface area contributed by atoms with Crippen LogP contribution >= 0.6 is 0 Å². The molecule has 0 fully saturated rings. The molecular weight excluding hydrogens is 398 g/mol. The lowest BCUT2D eigenvalue weighted by Crippen LogP contribution is -2.23. The van der Waals surface area contributed by atoms with Crippen LogP contribution in [0.5, 0.6) is 11.5 Å². The quantitative estimate of drug-likeness (QED) is 0.401. The third-order valence-electron chi connectivity index (χ3n) is 3.97. The number of azo groups is 1. The van der Waals surface area contributed by atoms with E-state index in [0.717, 1.165) is 5.69 Å². The minimum Gasteiger partial charge on any atom is -0.493 e. The minimum atomic E-state index is -0.669. The number of nitrogens with one attached hydrogen (secondary N) is 1. The SMILES string of the molecule is COc1ccccc1OCC(=O)OCC(=O)Nc1ccc(N=Nc2ccccc2)cc1. The van der Waals surface area contributed by atoms with Crippen molar-refractivity contribution in [3.05, 3.63) is 78.9 Å². The van der Waals surface area contributed by atoms with E-state index in [0.29, 0.717) is 22.9 Å². The van der Waals surface area contributed by atoms with Crippen molar-refractivity contribution in [2.45, 2.75) is 0 Å². The highest BCUT2D eigenvalue weighted by molar-refractivity contribution is 5.93. The predicted octanol–water partition coefficient (Wildman–Crippen LogP) is 4.67. The molecule has 0 spiro atoms. The maximum absolute atomic E-state index is 12.0. The summed E-state index contributed by atoms with van der Waals surface area (Å²) < 4.78 is 15.4. The van der Waals surface area contributed by atoms with E-state index in [4.69, 9.17) is 14.2 Å². The highest BCUT2D eigenvalue weighted by Gasteiger charge is 2.10. The number of carbonyl (C=O) groups excluding carboxylic acids is 2. The molecule has 0 radical (unpaired) electrons. The van der Waals surface area contributed by atoms with Gasteiger partial charge in [0.2, 0.25) is 0 Å². The molecule has 0 saturated heterocycles. The van der Waals surface area contributed by atoms with Gasteiger partial charge in [0.05, 0.1) is 18.5 Å². The summed E-state index contributed by atoms with van der Waals surface area (Å²) in [4.78, 5) is 23.8. The molecule has 0 atom stereocenters. The normalized spacial score (nSPS) is 10.5. The molecule has 158 valence electrons. The van der Waals surface area contributed by atoms with Gasteiger partial charge in [-0.15, -0.1) is 0 Å². The van der Waals surface area contributed by atoms with Crippen molar-refractivity contribution < 1.29 is 23.8 Å². The van der Waals surface area contributed by atoms with Crippen LogP contribution in [0.4, 0.5) is 17.1 Å². The Labute approximate surface area is 179 Å². The zero-order valence-electron chi connectivity index (χ0n) is 16.9. The Bertz CT molecular complexity index is 1040. The maximum atomic E-state index is 12.0. The summed E-state index contributed by atoms with van der Waals surface area (Å²) in [5, 5.41) is 10.9. The summed E-state index contributed by atoms with van der Waals surface area (Å²) in [5.41, 5.74) is 1.93. The average molecular weight is 419 g/mol. The van der Waals surface area contributed by atoms with E-state index in [2.05, 4.69) is 15.5 Å². The van der Waals surface area contributed by atoms with Gasteiger partial charge in [0.25, 0.3) is 5.91 Å². The van der Waals surface area contributed by atoms with Gasteiger partial charge in [0.15, 0.2) is 24.7 Å². The van der Waals surface area contributed by atoms with Crippen LogP contribution in [0.3, 0.4) is 0 Å². The number of methoxy groups -OCH3 is 1. The first-order valence-electron chi connectivity index (χ1n) is 9.42. The van der Waals surface area contributed by atoms with E-state index in [9.17, 15) is 9.59 Å². The smallest absolute Gasteiger partial charge is 0.344 e. The Kier molecular flexibility index (Phi) is 7.70. The Morgan fingerprint density at radius 1 is 0.774 bits per heavy atom. The number of para-hydroxylation sites is 2. The van der Waals surface area contributed by atoms with Gasteiger partial charge in [-0.05, 0) is 48.5 Å².